The molecule has 1 aliphatic carbocycles. The summed E-state index contributed by atoms with van der Waals surface area (Å²) in [6, 6.07) is -0.00111. The highest BCUT2D eigenvalue weighted by molar-refractivity contribution is 5.82. The summed E-state index contributed by atoms with van der Waals surface area (Å²) in [5, 5.41) is 6.32. The molecule has 0 aromatic carbocycles. The topological polar surface area (TPSA) is 61.4 Å². The van der Waals surface area contributed by atoms with Crippen molar-refractivity contribution in [2.75, 3.05) is 26.2 Å². The molecule has 3 aliphatic rings. The predicted molar refractivity (Wildman–Crippen MR) is 89.9 cm³/mol. The van der Waals surface area contributed by atoms with Crippen molar-refractivity contribution in [3.63, 3.8) is 0 Å². The molecule has 5 nitrogen and oxygen atoms in total. The van der Waals surface area contributed by atoms with Crippen molar-refractivity contribution in [3.05, 3.63) is 0 Å². The zero-order chi connectivity index (χ0) is 16.1. The van der Waals surface area contributed by atoms with Gasteiger partial charge in [-0.05, 0) is 50.5 Å². The highest BCUT2D eigenvalue weighted by Crippen LogP contribution is 2.30. The zero-order valence-corrected chi connectivity index (χ0v) is 14.2. The van der Waals surface area contributed by atoms with Crippen LogP contribution in [0.2, 0.25) is 0 Å². The first kappa shape index (κ1) is 16.7. The molecule has 0 radical (unpaired) electrons. The van der Waals surface area contributed by atoms with Crippen LogP contribution in [0.25, 0.3) is 0 Å². The van der Waals surface area contributed by atoms with Crippen LogP contribution in [0.15, 0.2) is 0 Å². The maximum absolute atomic E-state index is 12.4. The molecule has 2 saturated heterocycles. The number of carbonyl (C=O) groups excluding carboxylic acids is 2. The van der Waals surface area contributed by atoms with Crippen LogP contribution in [0.4, 0.5) is 0 Å². The Labute approximate surface area is 139 Å². The number of carbonyl (C=O) groups is 2. The molecule has 2 aliphatic heterocycles. The van der Waals surface area contributed by atoms with Gasteiger partial charge in [-0.15, -0.1) is 0 Å². The van der Waals surface area contributed by atoms with Crippen molar-refractivity contribution in [2.24, 2.45) is 11.8 Å². The van der Waals surface area contributed by atoms with Gasteiger partial charge in [-0.25, -0.2) is 0 Å². The molecule has 0 aromatic heterocycles. The molecule has 1 saturated carbocycles. The Morgan fingerprint density at radius 3 is 2.57 bits per heavy atom. The Bertz CT molecular complexity index is 416. The Balaban J connectivity index is 1.36. The summed E-state index contributed by atoms with van der Waals surface area (Å²) in [5.41, 5.74) is 0. The molecule has 0 unspecified atom stereocenters. The van der Waals surface area contributed by atoms with Crippen LogP contribution in [-0.4, -0.2) is 48.9 Å². The molecule has 2 N–H and O–H groups in total. The largest absolute Gasteiger partial charge is 0.354 e. The van der Waals surface area contributed by atoms with E-state index >= 15 is 0 Å². The van der Waals surface area contributed by atoms with E-state index in [1.165, 1.54) is 19.3 Å². The van der Waals surface area contributed by atoms with Crippen molar-refractivity contribution in [1.82, 2.24) is 15.5 Å². The quantitative estimate of drug-likeness (QED) is 0.782. The summed E-state index contributed by atoms with van der Waals surface area (Å²) < 4.78 is 0. The predicted octanol–water partition coefficient (Wildman–Crippen LogP) is 1.67. The van der Waals surface area contributed by atoms with Gasteiger partial charge in [-0.3, -0.25) is 9.59 Å². The van der Waals surface area contributed by atoms with E-state index in [1.807, 2.05) is 4.90 Å². The molecule has 2 atom stereocenters. The van der Waals surface area contributed by atoms with E-state index in [-0.39, 0.29) is 11.9 Å². The fourth-order valence-corrected chi connectivity index (χ4v) is 4.00. The minimum Gasteiger partial charge on any atom is -0.354 e. The Kier molecular flexibility index (Phi) is 5.92. The standard InChI is InChI=1S/C18H31N3O2/c22-17(9-8-14-4-1-5-14)21-11-3-6-15(13-21)12-20-18(23)16-7-2-10-19-16/h14-16,19H,1-13H2,(H,20,23)/t15-,16+/m0/s1. The highest BCUT2D eigenvalue weighted by atomic mass is 16.2. The van der Waals surface area contributed by atoms with E-state index in [1.54, 1.807) is 0 Å². The molecule has 130 valence electrons. The van der Waals surface area contributed by atoms with Gasteiger partial charge in [-0.2, -0.15) is 0 Å². The van der Waals surface area contributed by atoms with E-state index in [9.17, 15) is 9.59 Å². The van der Waals surface area contributed by atoms with Gasteiger partial charge in [-0.1, -0.05) is 19.3 Å². The van der Waals surface area contributed by atoms with Crippen LogP contribution < -0.4 is 10.6 Å². The summed E-state index contributed by atoms with van der Waals surface area (Å²) >= 11 is 0. The van der Waals surface area contributed by atoms with Crippen molar-refractivity contribution < 1.29 is 9.59 Å². The van der Waals surface area contributed by atoms with E-state index in [0.29, 0.717) is 18.4 Å². The van der Waals surface area contributed by atoms with Crippen LogP contribution in [0.1, 0.15) is 57.8 Å². The molecule has 0 aromatic rings. The minimum atomic E-state index is -0.00111. The maximum atomic E-state index is 12.4. The van der Waals surface area contributed by atoms with Gasteiger partial charge in [0.05, 0.1) is 6.04 Å². The van der Waals surface area contributed by atoms with Gasteiger partial charge < -0.3 is 15.5 Å². The molecule has 3 fully saturated rings. The summed E-state index contributed by atoms with van der Waals surface area (Å²) in [6.45, 7) is 3.38. The van der Waals surface area contributed by atoms with E-state index in [4.69, 9.17) is 0 Å². The second-order valence-corrected chi connectivity index (χ2v) is 7.58. The van der Waals surface area contributed by atoms with Crippen molar-refractivity contribution >= 4 is 11.8 Å². The van der Waals surface area contributed by atoms with Crippen LogP contribution in [-0.2, 0) is 9.59 Å². The fourth-order valence-electron chi connectivity index (χ4n) is 4.00. The summed E-state index contributed by atoms with van der Waals surface area (Å²) in [4.78, 5) is 26.5. The van der Waals surface area contributed by atoms with Crippen LogP contribution in [0.5, 0.6) is 0 Å². The Morgan fingerprint density at radius 1 is 1.04 bits per heavy atom. The third kappa shape index (κ3) is 4.69. The van der Waals surface area contributed by atoms with Crippen molar-refractivity contribution in [1.29, 1.82) is 0 Å². The zero-order valence-electron chi connectivity index (χ0n) is 14.2. The fraction of sp³-hybridized carbons (Fsp3) is 0.889. The lowest BCUT2D eigenvalue weighted by atomic mass is 9.82. The molecule has 0 spiro atoms. The average Bonchev–Trinajstić information content (AvgIpc) is 3.06. The highest BCUT2D eigenvalue weighted by Gasteiger charge is 2.27. The normalized spacial score (nSPS) is 28.4. The number of likely N-dealkylation sites (tertiary alicyclic amines) is 1. The van der Waals surface area contributed by atoms with Gasteiger partial charge in [0, 0.05) is 26.1 Å². The first-order valence-corrected chi connectivity index (χ1v) is 9.51. The van der Waals surface area contributed by atoms with Gasteiger partial charge in [0.25, 0.3) is 0 Å². The van der Waals surface area contributed by atoms with Gasteiger partial charge >= 0.3 is 0 Å². The van der Waals surface area contributed by atoms with Gasteiger partial charge in [0.2, 0.25) is 11.8 Å². The molecule has 2 amide bonds. The average molecular weight is 321 g/mol. The second kappa shape index (κ2) is 8.13. The van der Waals surface area contributed by atoms with Crippen molar-refractivity contribution in [3.8, 4) is 0 Å². The number of rotatable bonds is 6. The number of nitrogens with one attached hydrogen (secondary N) is 2. The van der Waals surface area contributed by atoms with Crippen LogP contribution >= 0.6 is 0 Å². The summed E-state index contributed by atoms with van der Waals surface area (Å²) in [7, 11) is 0. The first-order chi connectivity index (χ1) is 11.2. The lowest BCUT2D eigenvalue weighted by Gasteiger charge is -2.34. The van der Waals surface area contributed by atoms with Crippen molar-refractivity contribution in [2.45, 2.75) is 63.8 Å². The molecule has 5 heteroatoms. The smallest absolute Gasteiger partial charge is 0.237 e. The number of nitrogens with zero attached hydrogens (tertiary/aromatic N) is 1. The molecule has 0 bridgehead atoms. The minimum absolute atomic E-state index is 0.00111. The number of hydrogen-bond donors (Lipinski definition) is 2. The molecule has 23 heavy (non-hydrogen) atoms. The van der Waals surface area contributed by atoms with Gasteiger partial charge in [0.1, 0.15) is 0 Å². The van der Waals surface area contributed by atoms with E-state index < -0.39 is 0 Å². The first-order valence-electron chi connectivity index (χ1n) is 9.51. The maximum Gasteiger partial charge on any atom is 0.237 e. The molecular weight excluding hydrogens is 290 g/mol. The van der Waals surface area contributed by atoms with E-state index in [2.05, 4.69) is 10.6 Å². The molecule has 3 rings (SSSR count). The van der Waals surface area contributed by atoms with Gasteiger partial charge in [0.15, 0.2) is 0 Å². The second-order valence-electron chi connectivity index (χ2n) is 7.58. The molecule has 2 heterocycles. The third-order valence-corrected chi connectivity index (χ3v) is 5.80. The Hall–Kier alpha value is -1.10. The monoisotopic (exact) mass is 321 g/mol. The summed E-state index contributed by atoms with van der Waals surface area (Å²) in [6.07, 6.45) is 9.99. The lowest BCUT2D eigenvalue weighted by molar-refractivity contribution is -0.133. The van der Waals surface area contributed by atoms with Crippen LogP contribution in [0, 0.1) is 11.8 Å². The third-order valence-electron chi connectivity index (χ3n) is 5.80. The molecular formula is C18H31N3O2. The number of piperidine rings is 1. The van der Waals surface area contributed by atoms with Crippen LogP contribution in [0.3, 0.4) is 0 Å². The van der Waals surface area contributed by atoms with E-state index in [0.717, 1.165) is 64.1 Å². The Morgan fingerprint density at radius 2 is 1.87 bits per heavy atom. The number of hydrogen-bond acceptors (Lipinski definition) is 3. The number of amides is 2. The lowest BCUT2D eigenvalue weighted by Crippen LogP contribution is -2.46. The SMILES string of the molecule is O=C(NC[C@@H]1CCCN(C(=O)CCC2CCC2)C1)[C@H]1CCCN1. The summed E-state index contributed by atoms with van der Waals surface area (Å²) in [5.74, 6) is 1.68.